The molecular formula is C20H27N5O2. The molecule has 1 amide bonds. The molecule has 7 heteroatoms. The van der Waals surface area contributed by atoms with Crippen LogP contribution >= 0.6 is 0 Å². The van der Waals surface area contributed by atoms with Gasteiger partial charge in [0.25, 0.3) is 0 Å². The van der Waals surface area contributed by atoms with Gasteiger partial charge in [-0.2, -0.15) is 4.98 Å². The first-order valence-corrected chi connectivity index (χ1v) is 9.35. The van der Waals surface area contributed by atoms with Crippen molar-refractivity contribution >= 4 is 29.0 Å². The van der Waals surface area contributed by atoms with Crippen LogP contribution in [-0.2, 0) is 4.79 Å². The van der Waals surface area contributed by atoms with Crippen LogP contribution in [0.5, 0.6) is 0 Å². The summed E-state index contributed by atoms with van der Waals surface area (Å²) in [6.45, 7) is 5.61. The Balaban J connectivity index is 1.78. The number of amides is 1. The van der Waals surface area contributed by atoms with Gasteiger partial charge < -0.3 is 21.1 Å². The molecule has 144 valence electrons. The third kappa shape index (κ3) is 5.40. The first kappa shape index (κ1) is 19.1. The third-order valence-corrected chi connectivity index (χ3v) is 4.54. The van der Waals surface area contributed by atoms with E-state index in [1.54, 1.807) is 0 Å². The lowest BCUT2D eigenvalue weighted by molar-refractivity contribution is -0.114. The molecule has 1 heterocycles. The van der Waals surface area contributed by atoms with Crippen LogP contribution in [-0.4, -0.2) is 33.6 Å². The number of aliphatic hydroxyl groups is 1. The number of nitrogens with zero attached hydrogens (tertiary/aromatic N) is 2. The van der Waals surface area contributed by atoms with Crippen molar-refractivity contribution in [3.8, 4) is 0 Å². The van der Waals surface area contributed by atoms with Gasteiger partial charge in [-0.15, -0.1) is 0 Å². The van der Waals surface area contributed by atoms with E-state index in [9.17, 15) is 9.90 Å². The standard InChI is InChI=1S/C20H27N5O2/c1-12(2)18(11-26)24-20-23-17(14-4-5-14)10-19(25-20)22-16-8-6-15(7-9-16)21-13(3)27/h6-10,12,14,18,26H,4-5,11H2,1-3H3,(H,21,27)(H2,22,23,24,25)/t18-/m0/s1. The minimum Gasteiger partial charge on any atom is -0.394 e. The minimum atomic E-state index is -0.0973. The maximum Gasteiger partial charge on any atom is 0.225 e. The fraction of sp³-hybridized carbons (Fsp3) is 0.450. The van der Waals surface area contributed by atoms with Gasteiger partial charge in [-0.25, -0.2) is 4.98 Å². The lowest BCUT2D eigenvalue weighted by Crippen LogP contribution is -2.30. The highest BCUT2D eigenvalue weighted by Gasteiger charge is 2.26. The Hall–Kier alpha value is -2.67. The average Bonchev–Trinajstić information content (AvgIpc) is 3.45. The van der Waals surface area contributed by atoms with E-state index in [-0.39, 0.29) is 24.5 Å². The van der Waals surface area contributed by atoms with Crippen molar-refractivity contribution in [3.63, 3.8) is 0 Å². The zero-order valence-electron chi connectivity index (χ0n) is 16.0. The van der Waals surface area contributed by atoms with Gasteiger partial charge >= 0.3 is 0 Å². The monoisotopic (exact) mass is 369 g/mol. The molecule has 0 unspecified atom stereocenters. The highest BCUT2D eigenvalue weighted by molar-refractivity contribution is 5.88. The van der Waals surface area contributed by atoms with Crippen molar-refractivity contribution < 1.29 is 9.90 Å². The van der Waals surface area contributed by atoms with Crippen molar-refractivity contribution in [3.05, 3.63) is 36.0 Å². The summed E-state index contributed by atoms with van der Waals surface area (Å²) in [6.07, 6.45) is 2.30. The van der Waals surface area contributed by atoms with Crippen LogP contribution < -0.4 is 16.0 Å². The number of carbonyl (C=O) groups excluding carboxylic acids is 1. The summed E-state index contributed by atoms with van der Waals surface area (Å²) in [6, 6.07) is 9.35. The molecule has 3 rings (SSSR count). The van der Waals surface area contributed by atoms with E-state index in [0.29, 0.717) is 17.7 Å². The molecule has 1 saturated carbocycles. The van der Waals surface area contributed by atoms with Gasteiger partial charge in [0, 0.05) is 30.3 Å². The van der Waals surface area contributed by atoms with Crippen LogP contribution in [0.2, 0.25) is 0 Å². The summed E-state index contributed by atoms with van der Waals surface area (Å²) in [5.74, 6) is 1.90. The zero-order chi connectivity index (χ0) is 19.4. The van der Waals surface area contributed by atoms with Crippen molar-refractivity contribution in [1.29, 1.82) is 0 Å². The van der Waals surface area contributed by atoms with E-state index >= 15 is 0 Å². The van der Waals surface area contributed by atoms with Gasteiger partial charge in [-0.05, 0) is 43.0 Å². The number of aliphatic hydroxyl groups excluding tert-OH is 1. The molecule has 0 saturated heterocycles. The summed E-state index contributed by atoms with van der Waals surface area (Å²) >= 11 is 0. The average molecular weight is 369 g/mol. The van der Waals surface area contributed by atoms with E-state index in [1.165, 1.54) is 6.92 Å². The first-order valence-electron chi connectivity index (χ1n) is 9.35. The molecule has 1 atom stereocenters. The smallest absolute Gasteiger partial charge is 0.225 e. The van der Waals surface area contributed by atoms with E-state index < -0.39 is 0 Å². The number of rotatable bonds is 8. The fourth-order valence-electron chi connectivity index (χ4n) is 2.76. The van der Waals surface area contributed by atoms with Gasteiger partial charge in [0.15, 0.2) is 0 Å². The molecule has 1 aliphatic carbocycles. The Morgan fingerprint density at radius 2 is 1.85 bits per heavy atom. The molecule has 0 bridgehead atoms. The van der Waals surface area contributed by atoms with Gasteiger partial charge in [0.1, 0.15) is 5.82 Å². The van der Waals surface area contributed by atoms with Gasteiger partial charge in [-0.3, -0.25) is 4.79 Å². The van der Waals surface area contributed by atoms with Crippen LogP contribution in [0.15, 0.2) is 30.3 Å². The summed E-state index contributed by atoms with van der Waals surface area (Å²) in [5.41, 5.74) is 2.64. The van der Waals surface area contributed by atoms with Crippen LogP contribution in [0.3, 0.4) is 0 Å². The maximum atomic E-state index is 11.1. The number of anilines is 4. The van der Waals surface area contributed by atoms with E-state index in [2.05, 4.69) is 39.8 Å². The molecule has 1 fully saturated rings. The summed E-state index contributed by atoms with van der Waals surface area (Å²) in [5, 5.41) is 18.9. The number of aromatic nitrogens is 2. The molecular weight excluding hydrogens is 342 g/mol. The van der Waals surface area contributed by atoms with Crippen LogP contribution in [0.4, 0.5) is 23.1 Å². The van der Waals surface area contributed by atoms with Crippen molar-refractivity contribution in [2.75, 3.05) is 22.6 Å². The van der Waals surface area contributed by atoms with E-state index in [0.717, 1.165) is 29.9 Å². The Bertz CT molecular complexity index is 787. The molecule has 1 aromatic carbocycles. The highest BCUT2D eigenvalue weighted by Crippen LogP contribution is 2.40. The highest BCUT2D eigenvalue weighted by atomic mass is 16.3. The predicted molar refractivity (Wildman–Crippen MR) is 107 cm³/mol. The van der Waals surface area contributed by atoms with Crippen LogP contribution in [0.1, 0.15) is 45.2 Å². The second kappa shape index (κ2) is 8.35. The second-order valence-corrected chi connectivity index (χ2v) is 7.34. The number of benzene rings is 1. The zero-order valence-corrected chi connectivity index (χ0v) is 16.0. The molecule has 27 heavy (non-hydrogen) atoms. The Morgan fingerprint density at radius 1 is 1.19 bits per heavy atom. The largest absolute Gasteiger partial charge is 0.394 e. The lowest BCUT2D eigenvalue weighted by atomic mass is 10.1. The lowest BCUT2D eigenvalue weighted by Gasteiger charge is -2.20. The molecule has 4 N–H and O–H groups in total. The van der Waals surface area contributed by atoms with Gasteiger partial charge in [0.2, 0.25) is 11.9 Å². The van der Waals surface area contributed by atoms with Crippen LogP contribution in [0.25, 0.3) is 0 Å². The molecule has 1 aliphatic rings. The second-order valence-electron chi connectivity index (χ2n) is 7.34. The van der Waals surface area contributed by atoms with Crippen molar-refractivity contribution in [2.24, 2.45) is 5.92 Å². The number of nitrogens with one attached hydrogen (secondary N) is 3. The van der Waals surface area contributed by atoms with E-state index in [4.69, 9.17) is 0 Å². The summed E-state index contributed by atoms with van der Waals surface area (Å²) < 4.78 is 0. The van der Waals surface area contributed by atoms with Crippen LogP contribution in [0, 0.1) is 5.92 Å². The SMILES string of the molecule is CC(=O)Nc1ccc(Nc2cc(C3CC3)nc(N[C@@H](CO)C(C)C)n2)cc1. The van der Waals surface area contributed by atoms with E-state index in [1.807, 2.05) is 30.3 Å². The maximum absolute atomic E-state index is 11.1. The van der Waals surface area contributed by atoms with Crippen molar-refractivity contribution in [2.45, 2.75) is 45.6 Å². The first-order chi connectivity index (χ1) is 12.9. The van der Waals surface area contributed by atoms with Crippen molar-refractivity contribution in [1.82, 2.24) is 9.97 Å². The Kier molecular flexibility index (Phi) is 5.91. The number of hydrogen-bond donors (Lipinski definition) is 4. The fourth-order valence-corrected chi connectivity index (χ4v) is 2.76. The normalized spacial score (nSPS) is 14.7. The number of hydrogen-bond acceptors (Lipinski definition) is 6. The Labute approximate surface area is 159 Å². The molecule has 7 nitrogen and oxygen atoms in total. The topological polar surface area (TPSA) is 99.2 Å². The Morgan fingerprint density at radius 3 is 2.41 bits per heavy atom. The molecule has 2 aromatic rings. The molecule has 1 aromatic heterocycles. The summed E-state index contributed by atoms with van der Waals surface area (Å²) in [7, 11) is 0. The quantitative estimate of drug-likeness (QED) is 0.568. The predicted octanol–water partition coefficient (Wildman–Crippen LogP) is 3.48. The minimum absolute atomic E-state index is 0.0298. The van der Waals surface area contributed by atoms with Gasteiger partial charge in [0.05, 0.1) is 18.3 Å². The molecule has 0 radical (unpaired) electrons. The number of carbonyl (C=O) groups is 1. The summed E-state index contributed by atoms with van der Waals surface area (Å²) in [4.78, 5) is 20.3. The third-order valence-electron chi connectivity index (χ3n) is 4.54. The van der Waals surface area contributed by atoms with Gasteiger partial charge in [-0.1, -0.05) is 13.8 Å². The molecule has 0 aliphatic heterocycles. The molecule has 0 spiro atoms.